The molecule has 4 aromatic rings. The minimum Gasteiger partial charge on any atom is -0.481 e. The average Bonchev–Trinajstić information content (AvgIpc) is 3.79. The van der Waals surface area contributed by atoms with Gasteiger partial charge in [-0.15, -0.1) is 0 Å². The lowest BCUT2D eigenvalue weighted by Gasteiger charge is -2.44. The lowest BCUT2D eigenvalue weighted by Crippen LogP contribution is -2.58. The maximum atomic E-state index is 13.5. The Morgan fingerprint density at radius 3 is 1.88 bits per heavy atom. The molecule has 414 valence electrons. The van der Waals surface area contributed by atoms with E-state index >= 15 is 0 Å². The Morgan fingerprint density at radius 1 is 0.688 bits per heavy atom. The summed E-state index contributed by atoms with van der Waals surface area (Å²) in [4.78, 5) is 100.0. The van der Waals surface area contributed by atoms with E-state index in [4.69, 9.17) is 43.0 Å². The second-order valence-corrected chi connectivity index (χ2v) is 18.8. The molecule has 1 unspecified atom stereocenters. The molecule has 77 heavy (non-hydrogen) atoms. The Hall–Kier alpha value is -7.33. The predicted octanol–water partition coefficient (Wildman–Crippen LogP) is 6.47. The number of unbranched alkanes of at least 4 members (excludes halogenated alkanes) is 4. The molecule has 2 N–H and O–H groups in total. The molecule has 21 heteroatoms. The number of carbonyl (C=O) groups is 6. The lowest BCUT2D eigenvalue weighted by atomic mass is 9.91. The van der Waals surface area contributed by atoms with Crippen LogP contribution in [0.2, 0.25) is 0 Å². The molecule has 6 rings (SSSR count). The number of carbonyl (C=O) groups excluding carboxylic acids is 5. The van der Waals surface area contributed by atoms with E-state index in [2.05, 4.69) is 15.3 Å². The van der Waals surface area contributed by atoms with Crippen molar-refractivity contribution in [2.24, 2.45) is 10.9 Å². The summed E-state index contributed by atoms with van der Waals surface area (Å²) in [5.74, 6) is -4.45. The third kappa shape index (κ3) is 18.2. The fourth-order valence-corrected chi connectivity index (χ4v) is 8.58. The molecule has 3 heterocycles. The number of benzene rings is 3. The number of aliphatic imine (C=N–C) groups is 1. The standard InChI is InChI=1S/C56H69N5O16/c1-5-41-48(75-46(65)29-28-45(63)64)50(51(73-41)61-32-30-43(59-56(61)69)58-36-60(3)4)70-33-19-7-6-18-31-57-44(62)27-17-20-34-71-55-37(2)47(76-53(67)39-23-13-9-14-24-39)49(77-54(68)40-25-15-10-16-26-40)42(74-55)35-72-52(66)38-21-11-8-12-22-38/h8-16,21-26,30,32,36-37,41-42,47-51,55H,5-7,17-20,27-29,31,33-35H2,1-4H3,(H,57,62)(H,63,64)/t37-,41-,42-,47-,48?,49+,50+,51-,55-/m1/s1. The maximum absolute atomic E-state index is 13.5. The molecule has 9 atom stereocenters. The Labute approximate surface area is 447 Å². The van der Waals surface area contributed by atoms with E-state index in [1.54, 1.807) is 123 Å². The van der Waals surface area contributed by atoms with Gasteiger partial charge >= 0.3 is 35.5 Å². The van der Waals surface area contributed by atoms with E-state index in [1.807, 2.05) is 6.92 Å². The molecular weight excluding hydrogens is 999 g/mol. The molecule has 0 radical (unpaired) electrons. The quantitative estimate of drug-likeness (QED) is 0.0194. The van der Waals surface area contributed by atoms with Gasteiger partial charge in [0.1, 0.15) is 24.9 Å². The first-order valence-corrected chi connectivity index (χ1v) is 26.0. The number of carboxylic acids is 1. The zero-order chi connectivity index (χ0) is 55.1. The molecule has 1 aromatic heterocycles. The van der Waals surface area contributed by atoms with Crippen molar-refractivity contribution in [3.63, 3.8) is 0 Å². The van der Waals surface area contributed by atoms with Crippen molar-refractivity contribution < 1.29 is 71.8 Å². The molecule has 0 saturated carbocycles. The summed E-state index contributed by atoms with van der Waals surface area (Å²) in [5, 5.41) is 12.1. The van der Waals surface area contributed by atoms with Crippen LogP contribution in [0.4, 0.5) is 5.82 Å². The fraction of sp³-hybridized carbons (Fsp3) is 0.482. The number of amides is 1. The van der Waals surface area contributed by atoms with Crippen LogP contribution in [0.15, 0.2) is 113 Å². The van der Waals surface area contributed by atoms with E-state index in [0.717, 1.165) is 12.8 Å². The van der Waals surface area contributed by atoms with Crippen LogP contribution in [0.3, 0.4) is 0 Å². The van der Waals surface area contributed by atoms with Gasteiger partial charge in [-0.25, -0.2) is 24.2 Å². The van der Waals surface area contributed by atoms with Crippen molar-refractivity contribution >= 4 is 47.9 Å². The summed E-state index contributed by atoms with van der Waals surface area (Å²) in [6, 6.07) is 26.6. The Bertz CT molecular complexity index is 2620. The Kier molecular flexibility index (Phi) is 23.3. The van der Waals surface area contributed by atoms with Crippen molar-refractivity contribution in [1.29, 1.82) is 0 Å². The summed E-state index contributed by atoms with van der Waals surface area (Å²) >= 11 is 0. The minimum atomic E-state index is -1.21. The van der Waals surface area contributed by atoms with Gasteiger partial charge in [0.25, 0.3) is 0 Å². The van der Waals surface area contributed by atoms with E-state index in [1.165, 1.54) is 17.1 Å². The highest BCUT2D eigenvalue weighted by atomic mass is 16.7. The molecule has 3 aromatic carbocycles. The van der Waals surface area contributed by atoms with Crippen molar-refractivity contribution in [2.45, 2.75) is 127 Å². The zero-order valence-corrected chi connectivity index (χ0v) is 43.8. The summed E-state index contributed by atoms with van der Waals surface area (Å²) < 4.78 is 49.9. The first-order valence-electron chi connectivity index (χ1n) is 26.0. The van der Waals surface area contributed by atoms with Crippen LogP contribution in [-0.4, -0.2) is 145 Å². The van der Waals surface area contributed by atoms with Gasteiger partial charge in [0.2, 0.25) is 5.91 Å². The summed E-state index contributed by atoms with van der Waals surface area (Å²) in [7, 11) is 3.56. The minimum absolute atomic E-state index is 0.129. The van der Waals surface area contributed by atoms with E-state index < -0.39 is 97.0 Å². The number of hydrogen-bond acceptors (Lipinski definition) is 17. The highest BCUT2D eigenvalue weighted by Gasteiger charge is 2.50. The maximum Gasteiger partial charge on any atom is 0.351 e. The lowest BCUT2D eigenvalue weighted by molar-refractivity contribution is -0.281. The number of aliphatic carboxylic acids is 1. The molecule has 2 aliphatic heterocycles. The molecule has 0 bridgehead atoms. The van der Waals surface area contributed by atoms with Gasteiger partial charge in [0, 0.05) is 52.4 Å². The van der Waals surface area contributed by atoms with Gasteiger partial charge in [0.05, 0.1) is 42.0 Å². The number of ether oxygens (including phenoxy) is 8. The van der Waals surface area contributed by atoms with Crippen LogP contribution in [0.1, 0.15) is 115 Å². The van der Waals surface area contributed by atoms with Crippen LogP contribution < -0.4 is 11.0 Å². The fourth-order valence-electron chi connectivity index (χ4n) is 8.58. The van der Waals surface area contributed by atoms with Gasteiger partial charge in [-0.1, -0.05) is 81.3 Å². The van der Waals surface area contributed by atoms with E-state index in [9.17, 15) is 33.6 Å². The van der Waals surface area contributed by atoms with Crippen molar-refractivity contribution in [1.82, 2.24) is 19.8 Å². The van der Waals surface area contributed by atoms with Crippen molar-refractivity contribution in [2.75, 3.05) is 40.5 Å². The van der Waals surface area contributed by atoms with Crippen molar-refractivity contribution in [3.05, 3.63) is 130 Å². The number of rotatable bonds is 29. The van der Waals surface area contributed by atoms with Gasteiger partial charge in [-0.05, 0) is 74.6 Å². The average molecular weight is 1070 g/mol. The normalized spacial score (nSPS) is 21.9. The van der Waals surface area contributed by atoms with Crippen LogP contribution in [0.5, 0.6) is 0 Å². The van der Waals surface area contributed by atoms with Crippen LogP contribution >= 0.6 is 0 Å². The van der Waals surface area contributed by atoms with E-state index in [0.29, 0.717) is 44.2 Å². The zero-order valence-electron chi connectivity index (χ0n) is 43.8. The molecule has 2 saturated heterocycles. The number of hydrogen-bond donors (Lipinski definition) is 2. The van der Waals surface area contributed by atoms with Gasteiger partial charge in [0.15, 0.2) is 30.5 Å². The van der Waals surface area contributed by atoms with Gasteiger partial charge in [-0.3, -0.25) is 19.0 Å². The number of esters is 4. The highest BCUT2D eigenvalue weighted by Crippen LogP contribution is 2.36. The molecule has 2 fully saturated rings. The van der Waals surface area contributed by atoms with Gasteiger partial charge < -0.3 is 53.2 Å². The molecular formula is C56H69N5O16. The first kappa shape index (κ1) is 58.9. The van der Waals surface area contributed by atoms with Crippen LogP contribution in [-0.2, 0) is 52.3 Å². The number of aromatic nitrogens is 2. The third-order valence-electron chi connectivity index (χ3n) is 12.6. The van der Waals surface area contributed by atoms with Crippen LogP contribution in [0, 0.1) is 5.92 Å². The summed E-state index contributed by atoms with van der Waals surface area (Å²) in [6.45, 7) is 4.09. The Balaban J connectivity index is 0.970. The number of carboxylic acid groups (broad SMARTS) is 1. The molecule has 0 spiro atoms. The van der Waals surface area contributed by atoms with Crippen molar-refractivity contribution in [3.8, 4) is 0 Å². The number of nitrogens with one attached hydrogen (secondary N) is 1. The first-order chi connectivity index (χ1) is 37.2. The largest absolute Gasteiger partial charge is 0.481 e. The Morgan fingerprint density at radius 2 is 1.27 bits per heavy atom. The molecule has 0 aliphatic carbocycles. The summed E-state index contributed by atoms with van der Waals surface area (Å²) in [6.07, 6.45) is -1.13. The molecule has 21 nitrogen and oxygen atoms in total. The summed E-state index contributed by atoms with van der Waals surface area (Å²) in [5.41, 5.74) is 0.196. The third-order valence-corrected chi connectivity index (χ3v) is 12.6. The topological polar surface area (TPSA) is 259 Å². The SMILES string of the molecule is CC[C@H]1O[C@@H](n2ccc(N=CN(C)C)nc2=O)[C@@H](OCCCCCCNC(=O)CCCCO[C@@H]2O[C@H](COC(=O)c3ccccc3)[C@H](OC(=O)c3ccccc3)[C@H](OC(=O)c3ccccc3)[C@H]2C)C1OC(=O)CCC(=O)O. The van der Waals surface area contributed by atoms with E-state index in [-0.39, 0.29) is 55.5 Å². The van der Waals surface area contributed by atoms with Gasteiger partial charge in [-0.2, -0.15) is 4.98 Å². The second kappa shape index (κ2) is 30.4. The van der Waals surface area contributed by atoms with Crippen LogP contribution in [0.25, 0.3) is 0 Å². The molecule has 1 amide bonds. The second-order valence-electron chi connectivity index (χ2n) is 18.8. The number of nitrogens with zero attached hydrogens (tertiary/aromatic N) is 4. The molecule has 2 aliphatic rings. The predicted molar refractivity (Wildman–Crippen MR) is 278 cm³/mol. The monoisotopic (exact) mass is 1070 g/mol. The highest BCUT2D eigenvalue weighted by molar-refractivity contribution is 5.91. The smallest absolute Gasteiger partial charge is 0.351 e.